The van der Waals surface area contributed by atoms with E-state index >= 15 is 19.2 Å². The highest BCUT2D eigenvalue weighted by molar-refractivity contribution is 6.20. The Morgan fingerprint density at radius 1 is 0.500 bits per heavy atom. The van der Waals surface area contributed by atoms with E-state index < -0.39 is 163 Å². The summed E-state index contributed by atoms with van der Waals surface area (Å²) >= 11 is 6.51. The van der Waals surface area contributed by atoms with Crippen LogP contribution in [-0.2, 0) is 57.5 Å². The number of likely N-dealkylation sites (N-methyl/N-ethyl adjacent to an activating group) is 8. The van der Waals surface area contributed by atoms with Crippen LogP contribution in [0.1, 0.15) is 196 Å². The van der Waals surface area contributed by atoms with E-state index in [-0.39, 0.29) is 99.2 Å². The van der Waals surface area contributed by atoms with Crippen LogP contribution in [0.3, 0.4) is 0 Å². The third-order valence-corrected chi connectivity index (χ3v) is 22.6. The summed E-state index contributed by atoms with van der Waals surface area (Å²) in [5.74, 6) is -10.6. The highest BCUT2D eigenvalue weighted by Gasteiger charge is 2.46. The zero-order valence-corrected chi connectivity index (χ0v) is 63.2. The first kappa shape index (κ1) is 84.4. The maximum absolute atomic E-state index is 15.6. The van der Waals surface area contributed by atoms with Gasteiger partial charge in [0.15, 0.2) is 0 Å². The van der Waals surface area contributed by atoms with Crippen molar-refractivity contribution < 1.29 is 70.7 Å². The van der Waals surface area contributed by atoms with Gasteiger partial charge in [0.2, 0.25) is 70.9 Å². The van der Waals surface area contributed by atoms with Crippen LogP contribution in [0.25, 0.3) is 0 Å². The second-order valence-corrected chi connectivity index (χ2v) is 31.3. The van der Waals surface area contributed by atoms with Crippen LogP contribution in [0, 0.1) is 41.4 Å². The van der Waals surface area contributed by atoms with Crippen molar-refractivity contribution in [1.82, 2.24) is 60.0 Å². The summed E-state index contributed by atoms with van der Waals surface area (Å²) in [6.45, 7) is 11.5. The van der Waals surface area contributed by atoms with Crippen molar-refractivity contribution in [3.05, 3.63) is 0 Å². The first-order chi connectivity index (χ1) is 46.9. The fourth-order valence-electron chi connectivity index (χ4n) is 14.9. The molecule has 2 saturated heterocycles. The standard InChI is InChI=1S/C72H120ClF3N12O12/c1-16-46(6)63-71(100)82(10)42-61(91)80(8)43-62(92)84(12)57(39-50-26-31-52(73)32-27-50)68(97)81(9)41-59(89)77-53(33-28-48-24-29-51(30-25-48)72(74,75)76)66(95)86(14)56(37-45(4)5)69(98)87(15)58(38-49-22-18-17-19-23-49)70(99)85(13)55(36-44(2)3)65(94)78-54(67(96)88-34-20-21-35-88)40-60(90)83(11)47(7)64(93)79-63/h44-58,63H,16-43H2,1-15H3,(H,77,89)(H,78,94)(H,79,93)/t46-,47-,48?,50?,51?,52?,53-,54-,55-,56-,57-,58-,63-/m0/s1. The van der Waals surface area contributed by atoms with Crippen molar-refractivity contribution in [3.63, 3.8) is 0 Å². The van der Waals surface area contributed by atoms with Gasteiger partial charge in [-0.1, -0.05) is 80.1 Å². The van der Waals surface area contributed by atoms with Gasteiger partial charge in [0.1, 0.15) is 48.3 Å². The molecule has 0 unspecified atom stereocenters. The molecule has 0 aromatic carbocycles. The highest BCUT2D eigenvalue weighted by Crippen LogP contribution is 2.41. The number of carbonyl (C=O) groups is 12. The SMILES string of the molecule is CC[C@H](C)[C@@H]1NC(=O)[C@H](C)N(C)C(=O)C[C@@H](C(=O)N2CCCC2)NC(=O)[C@H](CC(C)C)N(C)C(=O)[C@H](CC2CCCCC2)N(C)C(=O)[C@H](CC(C)C)N(C)C(=O)[C@H](CCC2CCC(C(F)(F)F)CC2)NC(=O)CN(C)C(=O)[C@H](CC2CCC(Cl)CC2)N(C)C(=O)CN(C)C(=O)CN(C)C1=O. The molecule has 5 aliphatic rings. The Hall–Kier alpha value is -6.28. The van der Waals surface area contributed by atoms with Gasteiger partial charge in [0.05, 0.1) is 32.0 Å². The van der Waals surface area contributed by atoms with Gasteiger partial charge in [-0.05, 0) is 145 Å². The summed E-state index contributed by atoms with van der Waals surface area (Å²) in [5.41, 5.74) is 0. The molecule has 0 bridgehead atoms. The van der Waals surface area contributed by atoms with Gasteiger partial charge < -0.3 is 60.0 Å². The minimum Gasteiger partial charge on any atom is -0.343 e. The highest BCUT2D eigenvalue weighted by atomic mass is 35.5. The van der Waals surface area contributed by atoms with Crippen molar-refractivity contribution in [1.29, 1.82) is 0 Å². The summed E-state index contributed by atoms with van der Waals surface area (Å²) in [6.07, 6.45) is 4.73. The van der Waals surface area contributed by atoms with Crippen molar-refractivity contribution in [2.45, 2.75) is 256 Å². The minimum absolute atomic E-state index is 0.0135. The Morgan fingerprint density at radius 2 is 1.00 bits per heavy atom. The van der Waals surface area contributed by atoms with Crippen LogP contribution in [0.15, 0.2) is 0 Å². The molecule has 24 nitrogen and oxygen atoms in total. The molecule has 2 aliphatic heterocycles. The second-order valence-electron chi connectivity index (χ2n) is 30.7. The lowest BCUT2D eigenvalue weighted by atomic mass is 9.79. The van der Waals surface area contributed by atoms with Gasteiger partial charge in [-0.2, -0.15) is 13.2 Å². The van der Waals surface area contributed by atoms with Crippen molar-refractivity contribution in [2.75, 3.05) is 89.1 Å². The smallest absolute Gasteiger partial charge is 0.343 e. The summed E-state index contributed by atoms with van der Waals surface area (Å²) in [5, 5.41) is 8.41. The number of likely N-dealkylation sites (tertiary alicyclic amines) is 1. The largest absolute Gasteiger partial charge is 0.391 e. The zero-order valence-electron chi connectivity index (χ0n) is 62.5. The van der Waals surface area contributed by atoms with Crippen molar-refractivity contribution in [3.8, 4) is 0 Å². The number of hydrogen-bond donors (Lipinski definition) is 3. The summed E-state index contributed by atoms with van der Waals surface area (Å²) in [4.78, 5) is 189. The number of carbonyl (C=O) groups excluding carboxylic acids is 12. The van der Waals surface area contributed by atoms with E-state index in [0.29, 0.717) is 58.0 Å². The average molecular weight is 1440 g/mol. The Labute approximate surface area is 597 Å². The molecule has 2 heterocycles. The molecule has 12 amide bonds. The Bertz CT molecular complexity index is 2810. The van der Waals surface area contributed by atoms with E-state index in [2.05, 4.69) is 16.0 Å². The first-order valence-electron chi connectivity index (χ1n) is 36.8. The van der Waals surface area contributed by atoms with Crippen LogP contribution < -0.4 is 16.0 Å². The van der Waals surface area contributed by atoms with Crippen LogP contribution in [0.4, 0.5) is 13.2 Å². The maximum atomic E-state index is 15.6. The van der Waals surface area contributed by atoms with E-state index in [0.717, 1.165) is 51.7 Å². The quantitative estimate of drug-likeness (QED) is 0.159. The summed E-state index contributed by atoms with van der Waals surface area (Å²) in [6, 6.07) is -10.1. The molecule has 0 aromatic heterocycles. The molecule has 28 heteroatoms. The van der Waals surface area contributed by atoms with Gasteiger partial charge >= 0.3 is 6.18 Å². The first-order valence-corrected chi connectivity index (χ1v) is 37.2. The van der Waals surface area contributed by atoms with Crippen molar-refractivity contribution in [2.24, 2.45) is 41.4 Å². The molecule has 3 N–H and O–H groups in total. The van der Waals surface area contributed by atoms with Crippen molar-refractivity contribution >= 4 is 82.5 Å². The zero-order chi connectivity index (χ0) is 74.8. The lowest BCUT2D eigenvalue weighted by Crippen LogP contribution is -2.61. The Morgan fingerprint density at radius 3 is 1.56 bits per heavy atom. The molecule has 9 atom stereocenters. The number of nitrogens with zero attached hydrogens (tertiary/aromatic N) is 9. The Kier molecular flexibility index (Phi) is 32.8. The predicted octanol–water partition coefficient (Wildman–Crippen LogP) is 6.44. The fraction of sp³-hybridized carbons (Fsp3) is 0.833. The van der Waals surface area contributed by atoms with Gasteiger partial charge in [-0.25, -0.2) is 0 Å². The van der Waals surface area contributed by atoms with E-state index in [9.17, 15) is 51.5 Å². The molecule has 568 valence electrons. The predicted molar refractivity (Wildman–Crippen MR) is 374 cm³/mol. The number of nitrogens with one attached hydrogen (secondary N) is 3. The number of rotatable bonds is 14. The second kappa shape index (κ2) is 38.8. The van der Waals surface area contributed by atoms with E-state index in [4.69, 9.17) is 11.6 Å². The number of alkyl halides is 4. The Balaban J connectivity index is 1.62. The molecular weight excluding hydrogens is 1320 g/mol. The maximum Gasteiger partial charge on any atom is 0.391 e. The molecule has 3 saturated carbocycles. The van der Waals surface area contributed by atoms with Crippen LogP contribution in [-0.4, -0.2) is 264 Å². The molecular formula is C72H120ClF3N12O12. The molecule has 0 radical (unpaired) electrons. The van der Waals surface area contributed by atoms with Gasteiger partial charge in [-0.15, -0.1) is 11.6 Å². The molecule has 5 rings (SSSR count). The topological polar surface area (TPSA) is 270 Å². The van der Waals surface area contributed by atoms with Crippen LogP contribution in [0.5, 0.6) is 0 Å². The molecule has 0 aromatic rings. The number of amides is 12. The summed E-state index contributed by atoms with van der Waals surface area (Å²) < 4.78 is 41.7. The van der Waals surface area contributed by atoms with Crippen LogP contribution >= 0.6 is 11.6 Å². The summed E-state index contributed by atoms with van der Waals surface area (Å²) in [7, 11) is 11.3. The van der Waals surface area contributed by atoms with Gasteiger partial charge in [-0.3, -0.25) is 57.5 Å². The fourth-order valence-corrected chi connectivity index (χ4v) is 15.2. The normalized spacial score (nSPS) is 29.6. The minimum atomic E-state index is -4.36. The monoisotopic (exact) mass is 1440 g/mol. The molecule has 3 aliphatic carbocycles. The molecule has 100 heavy (non-hydrogen) atoms. The molecule has 5 fully saturated rings. The van der Waals surface area contributed by atoms with E-state index in [1.54, 1.807) is 11.8 Å². The van der Waals surface area contributed by atoms with Crippen LogP contribution in [0.2, 0.25) is 0 Å². The lowest BCUT2D eigenvalue weighted by molar-refractivity contribution is -0.184. The number of halogens is 4. The third kappa shape index (κ3) is 23.9. The average Bonchev–Trinajstić information content (AvgIpc) is 0.835. The molecule has 0 spiro atoms. The van der Waals surface area contributed by atoms with E-state index in [1.807, 2.05) is 34.6 Å². The lowest BCUT2D eigenvalue weighted by Gasteiger charge is -2.40. The third-order valence-electron chi connectivity index (χ3n) is 22.1. The number of hydrogen-bond acceptors (Lipinski definition) is 12. The van der Waals surface area contributed by atoms with E-state index in [1.165, 1.54) is 82.9 Å². The van der Waals surface area contributed by atoms with Gasteiger partial charge in [0.25, 0.3) is 0 Å². The van der Waals surface area contributed by atoms with Gasteiger partial charge in [0, 0.05) is 74.8 Å².